The summed E-state index contributed by atoms with van der Waals surface area (Å²) in [7, 11) is -2.76. The Morgan fingerprint density at radius 2 is 1.86 bits per heavy atom. The van der Waals surface area contributed by atoms with Gasteiger partial charge in [-0.1, -0.05) is 54.1 Å². The van der Waals surface area contributed by atoms with E-state index in [1.165, 1.54) is 19.2 Å². The van der Waals surface area contributed by atoms with Gasteiger partial charge in [0.05, 0.1) is 24.4 Å². The van der Waals surface area contributed by atoms with E-state index in [4.69, 9.17) is 16.3 Å². The van der Waals surface area contributed by atoms with E-state index in [-0.39, 0.29) is 22.2 Å². The van der Waals surface area contributed by atoms with Crippen LogP contribution in [-0.4, -0.2) is 37.3 Å². The molecule has 36 heavy (non-hydrogen) atoms. The Morgan fingerprint density at radius 3 is 2.56 bits per heavy atom. The van der Waals surface area contributed by atoms with Crippen molar-refractivity contribution >= 4 is 44.6 Å². The lowest BCUT2D eigenvalue weighted by atomic mass is 10.1. The molecule has 0 saturated carbocycles. The quantitative estimate of drug-likeness (QED) is 0.297. The van der Waals surface area contributed by atoms with Crippen LogP contribution in [0, 0.1) is 6.92 Å². The van der Waals surface area contributed by atoms with Gasteiger partial charge in [-0.3, -0.25) is 4.79 Å². The average molecular weight is 542 g/mol. The summed E-state index contributed by atoms with van der Waals surface area (Å²) in [6.07, 6.45) is 0. The predicted octanol–water partition coefficient (Wildman–Crippen LogP) is 5.61. The molecular formula is C26H24ClN3O4S2. The number of carbonyl (C=O) groups excluding carboxylic acids is 1. The van der Waals surface area contributed by atoms with E-state index in [0.29, 0.717) is 5.69 Å². The van der Waals surface area contributed by atoms with E-state index in [1.54, 1.807) is 35.6 Å². The fourth-order valence-corrected chi connectivity index (χ4v) is 6.04. The number of methoxy groups -OCH3 is 1. The summed E-state index contributed by atoms with van der Waals surface area (Å²) in [5.74, 6) is -0.341. The van der Waals surface area contributed by atoms with Crippen LogP contribution < -0.4 is 10.1 Å². The summed E-state index contributed by atoms with van der Waals surface area (Å²) in [6.45, 7) is 1.51. The maximum absolute atomic E-state index is 13.7. The number of aromatic nitrogens is 1. The Hall–Kier alpha value is -3.24. The van der Waals surface area contributed by atoms with Gasteiger partial charge in [0, 0.05) is 28.2 Å². The molecule has 10 heteroatoms. The van der Waals surface area contributed by atoms with Crippen LogP contribution in [-0.2, 0) is 21.4 Å². The standard InChI is InChI=1S/C26H24ClN3O4S2/c1-18-28-23(17-35-18)20-9-6-10-22(13-20)29-26(31)16-30(15-19-7-4-3-5-8-19)36(32,33)25-14-21(27)11-12-24(25)34-2/h3-14,17H,15-16H2,1-2H3,(H,29,31). The number of carbonyl (C=O) groups is 1. The molecule has 0 radical (unpaired) electrons. The number of halogens is 1. The molecule has 1 N–H and O–H groups in total. The first-order valence-electron chi connectivity index (χ1n) is 11.0. The van der Waals surface area contributed by atoms with Crippen molar-refractivity contribution in [2.75, 3.05) is 19.0 Å². The van der Waals surface area contributed by atoms with Crippen LogP contribution in [0.25, 0.3) is 11.3 Å². The average Bonchev–Trinajstić information content (AvgIpc) is 3.30. The van der Waals surface area contributed by atoms with Crippen LogP contribution in [0.2, 0.25) is 5.02 Å². The number of hydrogen-bond donors (Lipinski definition) is 1. The Kier molecular flexibility index (Phi) is 8.05. The highest BCUT2D eigenvalue weighted by atomic mass is 35.5. The summed E-state index contributed by atoms with van der Waals surface area (Å²) in [5, 5.41) is 5.94. The van der Waals surface area contributed by atoms with E-state index < -0.39 is 22.5 Å². The summed E-state index contributed by atoms with van der Waals surface area (Å²) < 4.78 is 33.8. The number of hydrogen-bond acceptors (Lipinski definition) is 6. The van der Waals surface area contributed by atoms with Crippen molar-refractivity contribution in [3.8, 4) is 17.0 Å². The van der Waals surface area contributed by atoms with Gasteiger partial charge in [-0.2, -0.15) is 4.31 Å². The smallest absolute Gasteiger partial charge is 0.247 e. The molecule has 0 aliphatic carbocycles. The largest absolute Gasteiger partial charge is 0.495 e. The second kappa shape index (κ2) is 11.2. The van der Waals surface area contributed by atoms with Gasteiger partial charge in [-0.25, -0.2) is 13.4 Å². The third-order valence-electron chi connectivity index (χ3n) is 5.33. The second-order valence-electron chi connectivity index (χ2n) is 7.93. The molecule has 0 atom stereocenters. The number of sulfonamides is 1. The Morgan fingerprint density at radius 1 is 1.08 bits per heavy atom. The van der Waals surface area contributed by atoms with Crippen LogP contribution in [0.1, 0.15) is 10.6 Å². The maximum atomic E-state index is 13.7. The van der Waals surface area contributed by atoms with Gasteiger partial charge >= 0.3 is 0 Å². The molecule has 4 aromatic rings. The monoisotopic (exact) mass is 541 g/mol. The van der Waals surface area contributed by atoms with E-state index in [2.05, 4.69) is 10.3 Å². The predicted molar refractivity (Wildman–Crippen MR) is 143 cm³/mol. The molecule has 1 heterocycles. The van der Waals surface area contributed by atoms with E-state index in [9.17, 15) is 13.2 Å². The summed E-state index contributed by atoms with van der Waals surface area (Å²) in [6, 6.07) is 20.7. The van der Waals surface area contributed by atoms with Gasteiger partial charge in [0.25, 0.3) is 0 Å². The lowest BCUT2D eigenvalue weighted by Gasteiger charge is -2.23. The van der Waals surface area contributed by atoms with Gasteiger partial charge < -0.3 is 10.1 Å². The second-order valence-corrected chi connectivity index (χ2v) is 11.3. The number of rotatable bonds is 9. The SMILES string of the molecule is COc1ccc(Cl)cc1S(=O)(=O)N(CC(=O)Nc1cccc(-c2csc(C)n2)c1)Cc1ccccc1. The molecule has 0 unspecified atom stereocenters. The minimum absolute atomic E-state index is 0.00952. The highest BCUT2D eigenvalue weighted by Crippen LogP contribution is 2.30. The number of nitrogens with one attached hydrogen (secondary N) is 1. The highest BCUT2D eigenvalue weighted by Gasteiger charge is 2.30. The molecule has 1 aromatic heterocycles. The Bertz CT molecular complexity index is 1470. The molecule has 0 fully saturated rings. The maximum Gasteiger partial charge on any atom is 0.247 e. The van der Waals surface area contributed by atoms with Gasteiger partial charge in [0.2, 0.25) is 15.9 Å². The topological polar surface area (TPSA) is 88.6 Å². The molecule has 4 rings (SSSR count). The van der Waals surface area contributed by atoms with E-state index in [0.717, 1.165) is 26.1 Å². The number of amides is 1. The first-order chi connectivity index (χ1) is 17.3. The number of nitrogens with zero attached hydrogens (tertiary/aromatic N) is 2. The molecule has 7 nitrogen and oxygen atoms in total. The molecule has 1 amide bonds. The number of thiazole rings is 1. The molecular weight excluding hydrogens is 518 g/mol. The minimum Gasteiger partial charge on any atom is -0.495 e. The van der Waals surface area contributed by atoms with Crippen molar-refractivity contribution in [1.29, 1.82) is 0 Å². The zero-order chi connectivity index (χ0) is 25.7. The minimum atomic E-state index is -4.15. The zero-order valence-electron chi connectivity index (χ0n) is 19.6. The molecule has 0 aliphatic rings. The lowest BCUT2D eigenvalue weighted by molar-refractivity contribution is -0.116. The van der Waals surface area contributed by atoms with Crippen molar-refractivity contribution in [2.45, 2.75) is 18.4 Å². The Labute approximate surface area is 219 Å². The summed E-state index contributed by atoms with van der Waals surface area (Å²) >= 11 is 7.64. The first-order valence-corrected chi connectivity index (χ1v) is 13.7. The number of anilines is 1. The third kappa shape index (κ3) is 6.11. The van der Waals surface area contributed by atoms with Crippen molar-refractivity contribution in [3.05, 3.63) is 93.8 Å². The lowest BCUT2D eigenvalue weighted by Crippen LogP contribution is -2.37. The molecule has 0 saturated heterocycles. The van der Waals surface area contributed by atoms with E-state index in [1.807, 2.05) is 48.7 Å². The first kappa shape index (κ1) is 25.8. The molecule has 0 spiro atoms. The van der Waals surface area contributed by atoms with Gasteiger partial charge in [-0.05, 0) is 42.8 Å². The zero-order valence-corrected chi connectivity index (χ0v) is 22.0. The van der Waals surface area contributed by atoms with Gasteiger partial charge in [-0.15, -0.1) is 11.3 Å². The Balaban J connectivity index is 1.61. The van der Waals surface area contributed by atoms with Crippen molar-refractivity contribution in [1.82, 2.24) is 9.29 Å². The van der Waals surface area contributed by atoms with Crippen LogP contribution in [0.3, 0.4) is 0 Å². The van der Waals surface area contributed by atoms with E-state index >= 15 is 0 Å². The number of ether oxygens (including phenoxy) is 1. The third-order valence-corrected chi connectivity index (χ3v) is 8.15. The highest BCUT2D eigenvalue weighted by molar-refractivity contribution is 7.89. The number of benzene rings is 3. The van der Waals surface area contributed by atoms with Crippen LogP contribution in [0.4, 0.5) is 5.69 Å². The van der Waals surface area contributed by atoms with Gasteiger partial charge in [0.1, 0.15) is 10.6 Å². The van der Waals surface area contributed by atoms with Crippen LogP contribution in [0.15, 0.2) is 83.1 Å². The number of aryl methyl sites for hydroxylation is 1. The van der Waals surface area contributed by atoms with Crippen LogP contribution in [0.5, 0.6) is 5.75 Å². The van der Waals surface area contributed by atoms with Crippen LogP contribution >= 0.6 is 22.9 Å². The summed E-state index contributed by atoms with van der Waals surface area (Å²) in [4.78, 5) is 17.4. The molecule has 0 bridgehead atoms. The fraction of sp³-hybridized carbons (Fsp3) is 0.154. The normalized spacial score (nSPS) is 11.4. The molecule has 3 aromatic carbocycles. The van der Waals surface area contributed by atoms with Crippen molar-refractivity contribution in [3.63, 3.8) is 0 Å². The molecule has 0 aliphatic heterocycles. The molecule has 186 valence electrons. The van der Waals surface area contributed by atoms with Crippen molar-refractivity contribution in [2.24, 2.45) is 0 Å². The summed E-state index contributed by atoms with van der Waals surface area (Å²) in [5.41, 5.74) is 2.95. The van der Waals surface area contributed by atoms with Crippen molar-refractivity contribution < 1.29 is 17.9 Å². The van der Waals surface area contributed by atoms with Gasteiger partial charge in [0.15, 0.2) is 0 Å². The fourth-order valence-electron chi connectivity index (χ4n) is 3.62.